The van der Waals surface area contributed by atoms with E-state index in [4.69, 9.17) is 11.6 Å². The van der Waals surface area contributed by atoms with Gasteiger partial charge in [0.15, 0.2) is 0 Å². The molecule has 6 heteroatoms. The lowest BCUT2D eigenvalue weighted by Gasteiger charge is -2.08. The molecule has 0 saturated carbocycles. The fourth-order valence-electron chi connectivity index (χ4n) is 1.91. The first-order valence-electron chi connectivity index (χ1n) is 5.63. The fourth-order valence-corrected chi connectivity index (χ4v) is 2.08. The van der Waals surface area contributed by atoms with E-state index in [2.05, 4.69) is 15.0 Å². The highest BCUT2D eigenvalue weighted by Gasteiger charge is 2.11. The minimum Gasteiger partial charge on any atom is -0.268 e. The molecule has 0 unspecified atom stereocenters. The third kappa shape index (κ3) is 1.98. The van der Waals surface area contributed by atoms with Crippen molar-refractivity contribution in [2.75, 3.05) is 0 Å². The van der Waals surface area contributed by atoms with Crippen LogP contribution in [0.5, 0.6) is 0 Å². The SMILES string of the molecule is Cc1nc2ccc(Cl)cc2c(=O)n1-c1ncccn1. The maximum Gasteiger partial charge on any atom is 0.268 e. The number of hydrogen-bond acceptors (Lipinski definition) is 4. The van der Waals surface area contributed by atoms with Crippen molar-refractivity contribution in [2.24, 2.45) is 0 Å². The largest absolute Gasteiger partial charge is 0.268 e. The highest BCUT2D eigenvalue weighted by atomic mass is 35.5. The van der Waals surface area contributed by atoms with Gasteiger partial charge in [-0.15, -0.1) is 0 Å². The van der Waals surface area contributed by atoms with Crippen LogP contribution in [0.25, 0.3) is 16.9 Å². The van der Waals surface area contributed by atoms with Crippen LogP contribution in [0.2, 0.25) is 5.02 Å². The molecule has 0 fully saturated rings. The Bertz CT molecular complexity index is 814. The molecule has 0 N–H and O–H groups in total. The first-order chi connectivity index (χ1) is 9.16. The summed E-state index contributed by atoms with van der Waals surface area (Å²) in [7, 11) is 0. The van der Waals surface area contributed by atoms with Crippen molar-refractivity contribution in [2.45, 2.75) is 6.92 Å². The van der Waals surface area contributed by atoms with Gasteiger partial charge in [-0.2, -0.15) is 0 Å². The maximum atomic E-state index is 12.5. The molecule has 3 rings (SSSR count). The highest BCUT2D eigenvalue weighted by molar-refractivity contribution is 6.31. The Morgan fingerprint density at radius 3 is 2.68 bits per heavy atom. The first kappa shape index (κ1) is 11.8. The summed E-state index contributed by atoms with van der Waals surface area (Å²) in [6.07, 6.45) is 3.16. The Kier molecular flexibility index (Phi) is 2.76. The molecule has 0 aliphatic heterocycles. The van der Waals surface area contributed by atoms with Crippen molar-refractivity contribution >= 4 is 22.5 Å². The predicted molar refractivity (Wildman–Crippen MR) is 72.7 cm³/mol. The van der Waals surface area contributed by atoms with E-state index in [1.54, 1.807) is 43.6 Å². The molecule has 5 nitrogen and oxygen atoms in total. The number of benzene rings is 1. The molecule has 2 aromatic heterocycles. The number of rotatable bonds is 1. The molecule has 0 bridgehead atoms. The lowest BCUT2D eigenvalue weighted by atomic mass is 10.2. The second-order valence-corrected chi connectivity index (χ2v) is 4.45. The summed E-state index contributed by atoms with van der Waals surface area (Å²) in [4.78, 5) is 25.0. The minimum atomic E-state index is -0.226. The lowest BCUT2D eigenvalue weighted by Crippen LogP contribution is -2.24. The van der Waals surface area contributed by atoms with Gasteiger partial charge < -0.3 is 0 Å². The van der Waals surface area contributed by atoms with Crippen molar-refractivity contribution < 1.29 is 0 Å². The molecule has 0 amide bonds. The van der Waals surface area contributed by atoms with E-state index >= 15 is 0 Å². The van der Waals surface area contributed by atoms with Crippen LogP contribution in [0, 0.1) is 6.92 Å². The number of halogens is 1. The van der Waals surface area contributed by atoms with Gasteiger partial charge in [0.25, 0.3) is 5.56 Å². The summed E-state index contributed by atoms with van der Waals surface area (Å²) >= 11 is 5.92. The molecule has 0 radical (unpaired) electrons. The summed E-state index contributed by atoms with van der Waals surface area (Å²) in [6.45, 7) is 1.74. The standard InChI is InChI=1S/C13H9ClN4O/c1-8-17-11-4-3-9(14)7-10(11)12(19)18(8)13-15-5-2-6-16-13/h2-7H,1H3. The summed E-state index contributed by atoms with van der Waals surface area (Å²) in [5.41, 5.74) is 0.385. The zero-order chi connectivity index (χ0) is 13.4. The van der Waals surface area contributed by atoms with Crippen molar-refractivity contribution in [1.82, 2.24) is 19.5 Å². The van der Waals surface area contributed by atoms with Crippen LogP contribution in [-0.4, -0.2) is 19.5 Å². The molecule has 1 aromatic carbocycles. The van der Waals surface area contributed by atoms with Crippen molar-refractivity contribution in [1.29, 1.82) is 0 Å². The third-order valence-corrected chi connectivity index (χ3v) is 2.99. The molecule has 94 valence electrons. The van der Waals surface area contributed by atoms with Gasteiger partial charge in [0.05, 0.1) is 10.9 Å². The normalized spacial score (nSPS) is 10.8. The van der Waals surface area contributed by atoms with E-state index in [0.717, 1.165) is 0 Å². The summed E-state index contributed by atoms with van der Waals surface area (Å²) in [6, 6.07) is 6.72. The van der Waals surface area contributed by atoms with Crippen LogP contribution in [0.4, 0.5) is 0 Å². The van der Waals surface area contributed by atoms with Gasteiger partial charge in [-0.1, -0.05) is 11.6 Å². The van der Waals surface area contributed by atoms with E-state index in [-0.39, 0.29) is 5.56 Å². The van der Waals surface area contributed by atoms with Crippen LogP contribution in [-0.2, 0) is 0 Å². The molecular formula is C13H9ClN4O. The Hall–Kier alpha value is -2.27. The average molecular weight is 273 g/mol. The van der Waals surface area contributed by atoms with Gasteiger partial charge in [-0.05, 0) is 31.2 Å². The smallest absolute Gasteiger partial charge is 0.268 e. The Labute approximate surface area is 113 Å². The van der Waals surface area contributed by atoms with E-state index in [0.29, 0.717) is 27.7 Å². The number of aryl methyl sites for hydroxylation is 1. The van der Waals surface area contributed by atoms with Gasteiger partial charge in [-0.3, -0.25) is 4.79 Å². The van der Waals surface area contributed by atoms with Crippen LogP contribution in [0.1, 0.15) is 5.82 Å². The molecule has 0 spiro atoms. The molecule has 2 heterocycles. The zero-order valence-electron chi connectivity index (χ0n) is 10.0. The number of fused-ring (bicyclic) bond motifs is 1. The van der Waals surface area contributed by atoms with Gasteiger partial charge in [-0.25, -0.2) is 19.5 Å². The number of aromatic nitrogens is 4. The van der Waals surface area contributed by atoms with E-state index in [1.807, 2.05) is 0 Å². The van der Waals surface area contributed by atoms with Gasteiger partial charge in [0.2, 0.25) is 5.95 Å². The van der Waals surface area contributed by atoms with Crippen molar-refractivity contribution in [3.8, 4) is 5.95 Å². The molecule has 0 aliphatic rings. The summed E-state index contributed by atoms with van der Waals surface area (Å²) in [5, 5.41) is 0.946. The molecule has 0 atom stereocenters. The quantitative estimate of drug-likeness (QED) is 0.681. The van der Waals surface area contributed by atoms with Gasteiger partial charge in [0, 0.05) is 17.4 Å². The van der Waals surface area contributed by atoms with E-state index in [1.165, 1.54) is 4.57 Å². The molecule has 3 aromatic rings. The zero-order valence-corrected chi connectivity index (χ0v) is 10.8. The minimum absolute atomic E-state index is 0.226. The van der Waals surface area contributed by atoms with Crippen LogP contribution in [0.3, 0.4) is 0 Å². The molecule has 0 aliphatic carbocycles. The molecular weight excluding hydrogens is 264 g/mol. The molecule has 0 saturated heterocycles. The van der Waals surface area contributed by atoms with Crippen LogP contribution in [0.15, 0.2) is 41.5 Å². The average Bonchev–Trinajstić information content (AvgIpc) is 2.41. The predicted octanol–water partition coefficient (Wildman–Crippen LogP) is 2.14. The second-order valence-electron chi connectivity index (χ2n) is 4.01. The van der Waals surface area contributed by atoms with Crippen molar-refractivity contribution in [3.05, 3.63) is 57.9 Å². The monoisotopic (exact) mass is 272 g/mol. The van der Waals surface area contributed by atoms with Gasteiger partial charge in [0.1, 0.15) is 5.82 Å². The van der Waals surface area contributed by atoms with Crippen molar-refractivity contribution in [3.63, 3.8) is 0 Å². The number of nitrogens with zero attached hydrogens (tertiary/aromatic N) is 4. The Morgan fingerprint density at radius 2 is 1.95 bits per heavy atom. The third-order valence-electron chi connectivity index (χ3n) is 2.75. The maximum absolute atomic E-state index is 12.5. The summed E-state index contributed by atoms with van der Waals surface area (Å²) < 4.78 is 1.37. The van der Waals surface area contributed by atoms with Crippen LogP contribution < -0.4 is 5.56 Å². The van der Waals surface area contributed by atoms with E-state index < -0.39 is 0 Å². The van der Waals surface area contributed by atoms with Gasteiger partial charge >= 0.3 is 0 Å². The lowest BCUT2D eigenvalue weighted by molar-refractivity contribution is 0.827. The highest BCUT2D eigenvalue weighted by Crippen LogP contribution is 2.15. The first-order valence-corrected chi connectivity index (χ1v) is 6.01. The fraction of sp³-hybridized carbons (Fsp3) is 0.0769. The Morgan fingerprint density at radius 1 is 1.21 bits per heavy atom. The second kappa shape index (κ2) is 4.44. The summed E-state index contributed by atoms with van der Waals surface area (Å²) in [5.74, 6) is 0.838. The Balaban J connectivity index is 2.41. The topological polar surface area (TPSA) is 60.7 Å². The molecule has 19 heavy (non-hydrogen) atoms. The number of hydrogen-bond donors (Lipinski definition) is 0. The van der Waals surface area contributed by atoms with E-state index in [9.17, 15) is 4.79 Å². The van der Waals surface area contributed by atoms with Crippen LogP contribution >= 0.6 is 11.6 Å².